The molecule has 15 N–H and O–H groups in total. The van der Waals surface area contributed by atoms with Crippen LogP contribution in [0, 0.1) is 5.41 Å². The Labute approximate surface area is 331 Å². The molecule has 0 saturated carbocycles. The molecule has 338 valence electrons. The van der Waals surface area contributed by atoms with Gasteiger partial charge in [0.2, 0.25) is 11.8 Å². The Morgan fingerprint density at radius 2 is 0.948 bits per heavy atom. The van der Waals surface area contributed by atoms with E-state index in [2.05, 4.69) is 10.6 Å². The fraction of sp³-hybridized carbons (Fsp3) is 0.939. The van der Waals surface area contributed by atoms with Gasteiger partial charge in [-0.15, -0.1) is 0 Å². The average Bonchev–Trinajstić information content (AvgIpc) is 3.20. The molecule has 2 amide bonds. The van der Waals surface area contributed by atoms with Gasteiger partial charge in [-0.1, -0.05) is 0 Å². The summed E-state index contributed by atoms with van der Waals surface area (Å²) in [5, 5.41) is 140. The van der Waals surface area contributed by atoms with Gasteiger partial charge in [-0.3, -0.25) is 9.59 Å². The molecule has 0 aromatic heterocycles. The van der Waals surface area contributed by atoms with Gasteiger partial charge in [0.15, 0.2) is 25.2 Å². The Balaban J connectivity index is 1.48. The third kappa shape index (κ3) is 11.7. The first-order chi connectivity index (χ1) is 27.4. The van der Waals surface area contributed by atoms with Crippen molar-refractivity contribution in [2.24, 2.45) is 5.41 Å². The average molecular weight is 851 g/mol. The van der Waals surface area contributed by atoms with E-state index in [1.165, 1.54) is 13.8 Å². The van der Waals surface area contributed by atoms with Crippen LogP contribution in [0.5, 0.6) is 0 Å². The van der Waals surface area contributed by atoms with Crippen molar-refractivity contribution < 1.29 is 114 Å². The number of rotatable bonds is 18. The van der Waals surface area contributed by atoms with E-state index >= 15 is 0 Å². The molecule has 4 aliphatic rings. The van der Waals surface area contributed by atoms with E-state index in [1.54, 1.807) is 0 Å². The second kappa shape index (κ2) is 21.8. The van der Waals surface area contributed by atoms with Crippen molar-refractivity contribution in [1.82, 2.24) is 10.6 Å². The molecule has 25 heteroatoms. The Morgan fingerprint density at radius 3 is 1.40 bits per heavy atom. The van der Waals surface area contributed by atoms with Crippen LogP contribution < -0.4 is 10.6 Å². The number of carbonyl (C=O) groups is 2. The summed E-state index contributed by atoms with van der Waals surface area (Å²) in [6.07, 6.45) is -31.3. The largest absolute Gasteiger partial charge is 0.394 e. The highest BCUT2D eigenvalue weighted by Crippen LogP contribution is 2.33. The second-order valence-corrected chi connectivity index (χ2v) is 14.8. The van der Waals surface area contributed by atoms with Gasteiger partial charge in [-0.2, -0.15) is 0 Å². The molecule has 25 nitrogen and oxygen atoms in total. The lowest BCUT2D eigenvalue weighted by atomic mass is 9.89. The summed E-state index contributed by atoms with van der Waals surface area (Å²) >= 11 is 0. The normalized spacial score (nSPS) is 42.5. The van der Waals surface area contributed by atoms with Crippen molar-refractivity contribution in [3.8, 4) is 0 Å². The zero-order valence-electron chi connectivity index (χ0n) is 31.7. The van der Waals surface area contributed by atoms with Crippen molar-refractivity contribution in [3.05, 3.63) is 0 Å². The van der Waals surface area contributed by atoms with Crippen LogP contribution in [-0.4, -0.2) is 248 Å². The lowest BCUT2D eigenvalue weighted by Gasteiger charge is -2.46. The van der Waals surface area contributed by atoms with Gasteiger partial charge < -0.3 is 115 Å². The Kier molecular flexibility index (Phi) is 18.3. The van der Waals surface area contributed by atoms with E-state index in [0.717, 1.165) is 0 Å². The van der Waals surface area contributed by atoms with Gasteiger partial charge in [0.05, 0.1) is 51.2 Å². The highest BCUT2D eigenvalue weighted by Gasteiger charge is 2.52. The molecule has 0 aliphatic carbocycles. The molecule has 4 fully saturated rings. The number of carbonyl (C=O) groups excluding carboxylic acids is 2. The second-order valence-electron chi connectivity index (χ2n) is 14.8. The molecule has 4 saturated heterocycles. The first-order valence-corrected chi connectivity index (χ1v) is 18.6. The molecule has 0 radical (unpaired) electrons. The van der Waals surface area contributed by atoms with Crippen molar-refractivity contribution >= 4 is 11.8 Å². The summed E-state index contributed by atoms with van der Waals surface area (Å²) in [7, 11) is 0. The van der Waals surface area contributed by atoms with Crippen LogP contribution in [0.1, 0.15) is 20.3 Å². The predicted molar refractivity (Wildman–Crippen MR) is 183 cm³/mol. The summed E-state index contributed by atoms with van der Waals surface area (Å²) in [6.45, 7) is -2.53. The third-order valence-electron chi connectivity index (χ3n) is 10.3. The zero-order chi connectivity index (χ0) is 43.1. The molecule has 7 unspecified atom stereocenters. The van der Waals surface area contributed by atoms with Gasteiger partial charge in [0.1, 0.15) is 85.5 Å². The van der Waals surface area contributed by atoms with E-state index < -0.39 is 174 Å². The van der Waals surface area contributed by atoms with E-state index in [0.29, 0.717) is 0 Å². The van der Waals surface area contributed by atoms with E-state index in [1.807, 2.05) is 0 Å². The molecule has 58 heavy (non-hydrogen) atoms. The summed E-state index contributed by atoms with van der Waals surface area (Å²) < 4.78 is 45.2. The van der Waals surface area contributed by atoms with Crippen LogP contribution in [0.15, 0.2) is 0 Å². The molecule has 4 rings (SSSR count). The fourth-order valence-corrected chi connectivity index (χ4v) is 6.83. The fourth-order valence-electron chi connectivity index (χ4n) is 6.83. The van der Waals surface area contributed by atoms with Gasteiger partial charge in [0.25, 0.3) is 0 Å². The topological polar surface area (TPSA) is 395 Å². The molecule has 4 aliphatic heterocycles. The summed E-state index contributed by atoms with van der Waals surface area (Å²) in [6, 6.07) is 0. The molecule has 0 aromatic carbocycles. The van der Waals surface area contributed by atoms with E-state index in [9.17, 15) is 76.0 Å². The molecule has 19 atom stereocenters. The lowest BCUT2D eigenvalue weighted by Crippen LogP contribution is -2.65. The minimum absolute atomic E-state index is 0.300. The number of aliphatic hydroxyl groups is 13. The Bertz CT molecular complexity index is 1270. The number of hydrogen-bond acceptors (Lipinski definition) is 23. The van der Waals surface area contributed by atoms with Gasteiger partial charge in [-0.05, 0) is 0 Å². The summed E-state index contributed by atoms with van der Waals surface area (Å²) in [5.41, 5.74) is -1.52. The van der Waals surface area contributed by atoms with Crippen LogP contribution in [-0.2, 0) is 47.5 Å². The SMILES string of the molecule is CC(=O)NCC(CNC(C)=O)(COC1OC(CO)[C@H](OC2OC(CO)[C@H](O)[C@@H](O)[C@H]2O)[C@@H](O)[C@H]1O)CO[C@H]1OC(CO)[C@H](O[C@H]2C[C@H](O)[C@@H](O)C(CO)O2)[C@@H](O)C1O. The lowest BCUT2D eigenvalue weighted by molar-refractivity contribution is -0.362. The van der Waals surface area contributed by atoms with E-state index in [-0.39, 0.29) is 19.5 Å². The first kappa shape index (κ1) is 48.8. The maximum absolute atomic E-state index is 12.1. The van der Waals surface area contributed by atoms with Crippen molar-refractivity contribution in [2.45, 2.75) is 137 Å². The minimum atomic E-state index is -1.95. The molecule has 0 aromatic rings. The molecular formula is C33H58N2O23. The molecule has 0 bridgehead atoms. The number of ether oxygens (including phenoxy) is 8. The van der Waals surface area contributed by atoms with Gasteiger partial charge in [-0.25, -0.2) is 0 Å². The van der Waals surface area contributed by atoms with Crippen LogP contribution in [0.4, 0.5) is 0 Å². The molecular weight excluding hydrogens is 792 g/mol. The predicted octanol–water partition coefficient (Wildman–Crippen LogP) is -9.44. The van der Waals surface area contributed by atoms with Crippen LogP contribution in [0.2, 0.25) is 0 Å². The van der Waals surface area contributed by atoms with Crippen LogP contribution in [0.3, 0.4) is 0 Å². The van der Waals surface area contributed by atoms with Crippen molar-refractivity contribution in [3.63, 3.8) is 0 Å². The number of amides is 2. The van der Waals surface area contributed by atoms with Crippen molar-refractivity contribution in [2.75, 3.05) is 52.7 Å². The van der Waals surface area contributed by atoms with Gasteiger partial charge in [0, 0.05) is 33.4 Å². The highest BCUT2D eigenvalue weighted by atomic mass is 16.8. The number of nitrogens with one attached hydrogen (secondary N) is 2. The first-order valence-electron chi connectivity index (χ1n) is 18.6. The summed E-state index contributed by atoms with van der Waals surface area (Å²) in [4.78, 5) is 24.2. The smallest absolute Gasteiger partial charge is 0.216 e. The van der Waals surface area contributed by atoms with E-state index in [4.69, 9.17) is 37.9 Å². The number of hydrogen-bond donors (Lipinski definition) is 15. The quantitative estimate of drug-likeness (QED) is 0.0609. The summed E-state index contributed by atoms with van der Waals surface area (Å²) in [5.74, 6) is -1.08. The van der Waals surface area contributed by atoms with Crippen LogP contribution in [0.25, 0.3) is 0 Å². The molecule has 0 spiro atoms. The molecule has 4 heterocycles. The maximum atomic E-state index is 12.1. The van der Waals surface area contributed by atoms with Crippen LogP contribution >= 0.6 is 0 Å². The number of aliphatic hydroxyl groups excluding tert-OH is 13. The highest BCUT2D eigenvalue weighted by molar-refractivity contribution is 5.73. The van der Waals surface area contributed by atoms with Crippen molar-refractivity contribution in [1.29, 1.82) is 0 Å². The zero-order valence-corrected chi connectivity index (χ0v) is 31.7. The minimum Gasteiger partial charge on any atom is -0.394 e. The standard InChI is InChI=1S/C33H58N2O23/c1-12(40)34-8-33(9-35-13(2)41,10-51-30-26(49)23(46)28(17(6-38)55-30)57-19-3-14(42)20(43)15(4-36)53-19)11-52-31-27(50)24(47)29(18(7-39)56-31)58-32-25(48)22(45)21(44)16(5-37)54-32/h14-32,36-39,42-50H,3-11H2,1-2H3,(H,34,40)(H,35,41)/t14-,15?,16?,17?,18?,19-,20+,21-,22+,23-,24-,25+,26?,27+,28-,29-,30-,31?,32?/m0/s1. The van der Waals surface area contributed by atoms with Gasteiger partial charge >= 0.3 is 0 Å². The monoisotopic (exact) mass is 850 g/mol. The Morgan fingerprint density at radius 1 is 0.534 bits per heavy atom. The third-order valence-corrected chi connectivity index (χ3v) is 10.3. The maximum Gasteiger partial charge on any atom is 0.216 e. The Hall–Kier alpha value is -1.90.